The number of piperazine rings is 1. The minimum atomic E-state index is -0.00231. The summed E-state index contributed by atoms with van der Waals surface area (Å²) in [6, 6.07) is 0. The van der Waals surface area contributed by atoms with Crippen molar-refractivity contribution in [3.63, 3.8) is 0 Å². The van der Waals surface area contributed by atoms with Gasteiger partial charge in [0.05, 0.1) is 6.61 Å². The molecule has 0 unspecified atom stereocenters. The summed E-state index contributed by atoms with van der Waals surface area (Å²) < 4.78 is 11.6. The first-order chi connectivity index (χ1) is 27.1. The van der Waals surface area contributed by atoms with Gasteiger partial charge in [0.25, 0.3) is 0 Å². The summed E-state index contributed by atoms with van der Waals surface area (Å²) in [6.45, 7) is 16.6. The van der Waals surface area contributed by atoms with E-state index in [2.05, 4.69) is 35.9 Å². The summed E-state index contributed by atoms with van der Waals surface area (Å²) in [4.78, 5) is 30.2. The van der Waals surface area contributed by atoms with E-state index >= 15 is 0 Å². The lowest BCUT2D eigenvalue weighted by Crippen LogP contribution is -2.46. The third-order valence-electron chi connectivity index (χ3n) is 11.7. The zero-order valence-electron chi connectivity index (χ0n) is 37.3. The van der Waals surface area contributed by atoms with Gasteiger partial charge in [-0.25, -0.2) is 0 Å². The van der Waals surface area contributed by atoms with Crippen LogP contribution in [0, 0.1) is 0 Å². The highest BCUT2D eigenvalue weighted by Crippen LogP contribution is 2.19. The second-order valence-electron chi connectivity index (χ2n) is 17.0. The van der Waals surface area contributed by atoms with Gasteiger partial charge in [-0.15, -0.1) is 0 Å². The molecule has 1 saturated heterocycles. The number of hydrogen-bond donors (Lipinski definition) is 1. The van der Waals surface area contributed by atoms with E-state index in [4.69, 9.17) is 9.47 Å². The zero-order chi connectivity index (χ0) is 39.7. The normalized spacial score (nSPS) is 13.6. The minimum absolute atomic E-state index is 0.00231. The van der Waals surface area contributed by atoms with E-state index < -0.39 is 0 Å². The average Bonchev–Trinajstić information content (AvgIpc) is 3.19. The molecule has 1 aliphatic heterocycles. The third kappa shape index (κ3) is 35.7. The number of unbranched alkanes of at least 4 members (excludes halogenated alkanes) is 24. The van der Waals surface area contributed by atoms with Crippen molar-refractivity contribution in [1.29, 1.82) is 0 Å². The summed E-state index contributed by atoms with van der Waals surface area (Å²) in [5, 5.41) is 3.48. The molecule has 0 aromatic heterocycles. The van der Waals surface area contributed by atoms with Gasteiger partial charge < -0.3 is 19.7 Å². The minimum Gasteiger partial charge on any atom is -0.466 e. The summed E-state index contributed by atoms with van der Waals surface area (Å²) in [7, 11) is 0. The molecule has 1 N–H and O–H groups in total. The Bertz CT molecular complexity index is 805. The Morgan fingerprint density at radius 3 is 1.44 bits per heavy atom. The zero-order valence-corrected chi connectivity index (χ0v) is 37.3. The Labute approximate surface area is 343 Å². The van der Waals surface area contributed by atoms with Crippen LogP contribution >= 0.6 is 0 Å². The van der Waals surface area contributed by atoms with E-state index in [1.54, 1.807) is 0 Å². The molecule has 326 valence electrons. The topological polar surface area (TPSA) is 71.1 Å². The molecule has 0 saturated carbocycles. The lowest BCUT2D eigenvalue weighted by molar-refractivity contribution is -0.150. The molecule has 0 amide bonds. The van der Waals surface area contributed by atoms with E-state index in [9.17, 15) is 9.59 Å². The maximum absolute atomic E-state index is 12.8. The summed E-state index contributed by atoms with van der Waals surface area (Å²) in [6.07, 6.45) is 39.2. The van der Waals surface area contributed by atoms with Crippen LogP contribution in [0.4, 0.5) is 0 Å². The van der Waals surface area contributed by atoms with Crippen molar-refractivity contribution >= 4 is 11.9 Å². The number of carbonyl (C=O) groups is 2. The van der Waals surface area contributed by atoms with Crippen LogP contribution in [0.5, 0.6) is 0 Å². The Morgan fingerprint density at radius 1 is 0.509 bits per heavy atom. The van der Waals surface area contributed by atoms with Crippen molar-refractivity contribution in [2.24, 2.45) is 0 Å². The number of hydrogen-bond acceptors (Lipinski definition) is 7. The van der Waals surface area contributed by atoms with E-state index in [0.717, 1.165) is 64.5 Å². The fraction of sp³-hybridized carbons (Fsp3) is 0.958. The Balaban J connectivity index is 2.24. The van der Waals surface area contributed by atoms with Crippen molar-refractivity contribution in [3.05, 3.63) is 0 Å². The molecule has 0 spiro atoms. The second-order valence-corrected chi connectivity index (χ2v) is 17.0. The summed E-state index contributed by atoms with van der Waals surface area (Å²) in [5.74, 6) is 0.0402. The Kier molecular flexibility index (Phi) is 38.6. The molecule has 0 bridgehead atoms. The van der Waals surface area contributed by atoms with Gasteiger partial charge in [0.15, 0.2) is 0 Å². The molecule has 1 heterocycles. The second kappa shape index (κ2) is 41.0. The number of ether oxygens (including phenoxy) is 2. The molecule has 0 radical (unpaired) electrons. The molecular weight excluding hydrogens is 683 g/mol. The van der Waals surface area contributed by atoms with Gasteiger partial charge >= 0.3 is 11.9 Å². The highest BCUT2D eigenvalue weighted by atomic mass is 16.5. The number of carbonyl (C=O) groups excluding carboxylic acids is 2. The monoisotopic (exact) mass is 778 g/mol. The fourth-order valence-electron chi connectivity index (χ4n) is 7.95. The highest BCUT2D eigenvalue weighted by molar-refractivity contribution is 5.69. The number of nitrogens with zero attached hydrogens (tertiary/aromatic N) is 2. The first-order valence-corrected chi connectivity index (χ1v) is 24.6. The highest BCUT2D eigenvalue weighted by Gasteiger charge is 2.15. The van der Waals surface area contributed by atoms with Crippen LogP contribution in [0.15, 0.2) is 0 Å². The molecule has 55 heavy (non-hydrogen) atoms. The van der Waals surface area contributed by atoms with E-state index in [1.807, 2.05) is 0 Å². The maximum Gasteiger partial charge on any atom is 0.306 e. The average molecular weight is 778 g/mol. The Morgan fingerprint density at radius 2 is 0.927 bits per heavy atom. The van der Waals surface area contributed by atoms with Crippen molar-refractivity contribution in [3.8, 4) is 0 Å². The van der Waals surface area contributed by atoms with Crippen LogP contribution in [0.25, 0.3) is 0 Å². The van der Waals surface area contributed by atoms with Crippen molar-refractivity contribution in [1.82, 2.24) is 15.1 Å². The molecule has 0 aliphatic carbocycles. The SMILES string of the molecule is CCCCCCCCCC(=O)OCCCCCCCN(CCCCCCCC(=O)OC(CCCCCCCC)CCCCCCCC)CCN1CCNCC1. The lowest BCUT2D eigenvalue weighted by Gasteiger charge is -2.30. The van der Waals surface area contributed by atoms with Gasteiger partial charge in [-0.05, 0) is 70.9 Å². The molecule has 0 aromatic carbocycles. The molecule has 7 nitrogen and oxygen atoms in total. The van der Waals surface area contributed by atoms with Crippen molar-refractivity contribution < 1.29 is 19.1 Å². The van der Waals surface area contributed by atoms with Crippen molar-refractivity contribution in [2.75, 3.05) is 59.0 Å². The van der Waals surface area contributed by atoms with Crippen LogP contribution in [0.3, 0.4) is 0 Å². The first kappa shape index (κ1) is 51.8. The van der Waals surface area contributed by atoms with E-state index in [1.165, 1.54) is 187 Å². The van der Waals surface area contributed by atoms with Crippen LogP contribution < -0.4 is 5.32 Å². The van der Waals surface area contributed by atoms with Crippen LogP contribution in [-0.2, 0) is 19.1 Å². The standard InChI is InChI=1S/C48H95N3O4/c1-4-7-10-13-16-21-28-35-47(52)54-45-32-25-18-24-31-40-50(43-44-51-41-37-49-38-42-51)39-30-23-17-22-29-36-48(53)55-46(33-26-19-14-11-8-5-2)34-27-20-15-12-9-6-3/h46,49H,4-45H2,1-3H3. The number of rotatable bonds is 42. The third-order valence-corrected chi connectivity index (χ3v) is 11.7. The van der Waals surface area contributed by atoms with Gasteiger partial charge in [0.1, 0.15) is 6.10 Å². The summed E-state index contributed by atoms with van der Waals surface area (Å²) in [5.41, 5.74) is 0. The number of nitrogens with one attached hydrogen (secondary N) is 1. The maximum atomic E-state index is 12.8. The fourth-order valence-corrected chi connectivity index (χ4v) is 7.95. The molecule has 0 aromatic rings. The van der Waals surface area contributed by atoms with Gasteiger partial charge in [-0.3, -0.25) is 14.5 Å². The van der Waals surface area contributed by atoms with E-state index in [-0.39, 0.29) is 18.0 Å². The Hall–Kier alpha value is -1.18. The van der Waals surface area contributed by atoms with Gasteiger partial charge in [0, 0.05) is 52.1 Å². The molecule has 1 rings (SSSR count). The van der Waals surface area contributed by atoms with Gasteiger partial charge in [-0.2, -0.15) is 0 Å². The van der Waals surface area contributed by atoms with Crippen LogP contribution in [0.2, 0.25) is 0 Å². The van der Waals surface area contributed by atoms with E-state index in [0.29, 0.717) is 19.4 Å². The largest absolute Gasteiger partial charge is 0.466 e. The molecule has 7 heteroatoms. The van der Waals surface area contributed by atoms with Crippen molar-refractivity contribution in [2.45, 2.75) is 239 Å². The molecule has 1 aliphatic rings. The quantitative estimate of drug-likeness (QED) is 0.0489. The van der Waals surface area contributed by atoms with Gasteiger partial charge in [0.2, 0.25) is 0 Å². The number of esters is 2. The first-order valence-electron chi connectivity index (χ1n) is 24.6. The predicted octanol–water partition coefficient (Wildman–Crippen LogP) is 12.6. The summed E-state index contributed by atoms with van der Waals surface area (Å²) >= 11 is 0. The molecule has 1 fully saturated rings. The van der Waals surface area contributed by atoms with Crippen LogP contribution in [-0.4, -0.2) is 86.8 Å². The van der Waals surface area contributed by atoms with Crippen LogP contribution in [0.1, 0.15) is 233 Å². The van der Waals surface area contributed by atoms with Gasteiger partial charge in [-0.1, -0.05) is 162 Å². The lowest BCUT2D eigenvalue weighted by atomic mass is 10.0. The predicted molar refractivity (Wildman–Crippen MR) is 236 cm³/mol. The smallest absolute Gasteiger partial charge is 0.306 e. The molecular formula is C48H95N3O4. The molecule has 0 atom stereocenters.